The average molecular weight is 429 g/mol. The quantitative estimate of drug-likeness (QED) is 0.546. The molecule has 0 saturated carbocycles. The smallest absolute Gasteiger partial charge is 0.255 e. The molecular weight excluding hydrogens is 411 g/mol. The Hall–Kier alpha value is -2.63. The van der Waals surface area contributed by atoms with Crippen molar-refractivity contribution >= 4 is 52.3 Å². The molecule has 1 aliphatic carbocycles. The third-order valence-electron chi connectivity index (χ3n) is 5.37. The van der Waals surface area contributed by atoms with Gasteiger partial charge in [0.05, 0.1) is 27.6 Å². The zero-order chi connectivity index (χ0) is 20.7. The van der Waals surface area contributed by atoms with Gasteiger partial charge < -0.3 is 5.32 Å². The van der Waals surface area contributed by atoms with Crippen LogP contribution in [0.5, 0.6) is 0 Å². The third-order valence-corrected chi connectivity index (χ3v) is 6.11. The van der Waals surface area contributed by atoms with Crippen molar-refractivity contribution in [2.75, 3.05) is 10.2 Å². The van der Waals surface area contributed by atoms with Gasteiger partial charge in [0.15, 0.2) is 0 Å². The summed E-state index contributed by atoms with van der Waals surface area (Å²) in [4.78, 5) is 39.6. The second-order valence-electron chi connectivity index (χ2n) is 7.35. The van der Waals surface area contributed by atoms with E-state index >= 15 is 0 Å². The Morgan fingerprint density at radius 2 is 1.79 bits per heavy atom. The van der Waals surface area contributed by atoms with E-state index in [1.165, 1.54) is 4.90 Å². The SMILES string of the molecule is CC1=CC[C@H]2C(=O)N(c3cccc(C(=O)Nc4ccc(Cl)c(Cl)c4)c3)C(=O)[C@@H]2C1. The van der Waals surface area contributed by atoms with E-state index in [1.807, 2.05) is 13.0 Å². The standard InChI is InChI=1S/C22H18Cl2N2O3/c1-12-5-7-16-17(9-12)22(29)26(21(16)28)15-4-2-3-13(10-15)20(27)25-14-6-8-18(23)19(24)11-14/h2-6,8,10-11,16-17H,7,9H2,1H3,(H,25,27)/t16-,17-/m1/s1. The first-order valence-electron chi connectivity index (χ1n) is 9.25. The summed E-state index contributed by atoms with van der Waals surface area (Å²) in [6, 6.07) is 11.3. The molecule has 2 atom stereocenters. The molecule has 0 radical (unpaired) electrons. The summed E-state index contributed by atoms with van der Waals surface area (Å²) in [7, 11) is 0. The van der Waals surface area contributed by atoms with Crippen molar-refractivity contribution < 1.29 is 14.4 Å². The van der Waals surface area contributed by atoms with Gasteiger partial charge in [0.2, 0.25) is 11.8 Å². The van der Waals surface area contributed by atoms with Crippen LogP contribution >= 0.6 is 23.2 Å². The van der Waals surface area contributed by atoms with Crippen molar-refractivity contribution in [1.82, 2.24) is 0 Å². The highest BCUT2D eigenvalue weighted by molar-refractivity contribution is 6.42. The summed E-state index contributed by atoms with van der Waals surface area (Å²) in [5.74, 6) is -1.42. The summed E-state index contributed by atoms with van der Waals surface area (Å²) < 4.78 is 0. The molecule has 4 rings (SSSR count). The molecule has 1 saturated heterocycles. The summed E-state index contributed by atoms with van der Waals surface area (Å²) in [5.41, 5.74) is 2.37. The number of allylic oxidation sites excluding steroid dienone is 2. The number of anilines is 2. The van der Waals surface area contributed by atoms with E-state index in [0.29, 0.717) is 39.8 Å². The second kappa shape index (κ2) is 7.65. The number of carbonyl (C=O) groups excluding carboxylic acids is 3. The molecule has 0 aromatic heterocycles. The van der Waals surface area contributed by atoms with Crippen molar-refractivity contribution in [3.63, 3.8) is 0 Å². The number of rotatable bonds is 3. The summed E-state index contributed by atoms with van der Waals surface area (Å²) >= 11 is 11.9. The molecule has 1 fully saturated rings. The van der Waals surface area contributed by atoms with Crippen LogP contribution in [0.3, 0.4) is 0 Å². The first kappa shape index (κ1) is 19.7. The highest BCUT2D eigenvalue weighted by Gasteiger charge is 2.48. The fourth-order valence-corrected chi connectivity index (χ4v) is 4.15. The van der Waals surface area contributed by atoms with Gasteiger partial charge in [-0.05, 0) is 56.2 Å². The Balaban J connectivity index is 1.57. The molecule has 2 aromatic rings. The molecule has 0 unspecified atom stereocenters. The van der Waals surface area contributed by atoms with Crippen LogP contribution in [0.25, 0.3) is 0 Å². The van der Waals surface area contributed by atoms with E-state index in [-0.39, 0.29) is 29.6 Å². The molecule has 1 aliphatic heterocycles. The molecule has 7 heteroatoms. The number of halogens is 2. The molecule has 29 heavy (non-hydrogen) atoms. The maximum absolute atomic E-state index is 12.9. The number of fused-ring (bicyclic) bond motifs is 1. The number of imide groups is 1. The normalized spacial score (nSPS) is 21.1. The van der Waals surface area contributed by atoms with Crippen LogP contribution in [0.1, 0.15) is 30.1 Å². The lowest BCUT2D eigenvalue weighted by atomic mass is 9.82. The Morgan fingerprint density at radius 3 is 2.55 bits per heavy atom. The van der Waals surface area contributed by atoms with Gasteiger partial charge in [-0.1, -0.05) is 40.9 Å². The van der Waals surface area contributed by atoms with E-state index in [2.05, 4.69) is 5.32 Å². The topological polar surface area (TPSA) is 66.5 Å². The van der Waals surface area contributed by atoms with Crippen LogP contribution in [0.2, 0.25) is 10.0 Å². The Morgan fingerprint density at radius 1 is 1.03 bits per heavy atom. The molecule has 0 spiro atoms. The van der Waals surface area contributed by atoms with Crippen molar-refractivity contribution in [1.29, 1.82) is 0 Å². The minimum absolute atomic E-state index is 0.200. The van der Waals surface area contributed by atoms with Crippen LogP contribution < -0.4 is 10.2 Å². The predicted octanol–water partition coefficient (Wildman–Crippen LogP) is 5.09. The van der Waals surface area contributed by atoms with E-state index in [1.54, 1.807) is 42.5 Å². The van der Waals surface area contributed by atoms with Gasteiger partial charge in [-0.3, -0.25) is 19.3 Å². The molecule has 2 aliphatic rings. The van der Waals surface area contributed by atoms with Gasteiger partial charge in [-0.2, -0.15) is 0 Å². The van der Waals surface area contributed by atoms with Crippen LogP contribution in [0.15, 0.2) is 54.1 Å². The van der Waals surface area contributed by atoms with Gasteiger partial charge in [0.25, 0.3) is 5.91 Å². The maximum atomic E-state index is 12.9. The molecule has 0 bridgehead atoms. The lowest BCUT2D eigenvalue weighted by molar-refractivity contribution is -0.122. The zero-order valence-electron chi connectivity index (χ0n) is 15.6. The van der Waals surface area contributed by atoms with Crippen LogP contribution in [-0.2, 0) is 9.59 Å². The highest BCUT2D eigenvalue weighted by atomic mass is 35.5. The van der Waals surface area contributed by atoms with Crippen molar-refractivity contribution in [2.24, 2.45) is 11.8 Å². The predicted molar refractivity (Wildman–Crippen MR) is 113 cm³/mol. The van der Waals surface area contributed by atoms with Gasteiger partial charge in [-0.25, -0.2) is 0 Å². The van der Waals surface area contributed by atoms with Crippen LogP contribution in [0, 0.1) is 11.8 Å². The lowest BCUT2D eigenvalue weighted by Crippen LogP contribution is -2.31. The number of nitrogens with zero attached hydrogens (tertiary/aromatic N) is 1. The number of carbonyl (C=O) groups is 3. The van der Waals surface area contributed by atoms with Crippen molar-refractivity contribution in [3.05, 3.63) is 69.7 Å². The molecule has 5 nitrogen and oxygen atoms in total. The van der Waals surface area contributed by atoms with Crippen molar-refractivity contribution in [3.8, 4) is 0 Å². The molecule has 1 N–H and O–H groups in total. The molecule has 2 aromatic carbocycles. The van der Waals surface area contributed by atoms with E-state index in [9.17, 15) is 14.4 Å². The lowest BCUT2D eigenvalue weighted by Gasteiger charge is -2.18. The molecule has 3 amide bonds. The fraction of sp³-hybridized carbons (Fsp3) is 0.227. The Bertz CT molecular complexity index is 1060. The van der Waals surface area contributed by atoms with Crippen LogP contribution in [0.4, 0.5) is 11.4 Å². The van der Waals surface area contributed by atoms with E-state index in [4.69, 9.17) is 23.2 Å². The summed E-state index contributed by atoms with van der Waals surface area (Å²) in [6.07, 6.45) is 3.20. The summed E-state index contributed by atoms with van der Waals surface area (Å²) in [6.45, 7) is 1.98. The number of benzene rings is 2. The first-order chi connectivity index (χ1) is 13.8. The molecular formula is C22H18Cl2N2O3. The summed E-state index contributed by atoms with van der Waals surface area (Å²) in [5, 5.41) is 3.47. The number of hydrogen-bond donors (Lipinski definition) is 1. The van der Waals surface area contributed by atoms with E-state index in [0.717, 1.165) is 5.57 Å². The van der Waals surface area contributed by atoms with Crippen LogP contribution in [-0.4, -0.2) is 17.7 Å². The van der Waals surface area contributed by atoms with E-state index < -0.39 is 0 Å². The number of amides is 3. The monoisotopic (exact) mass is 428 g/mol. The van der Waals surface area contributed by atoms with Crippen molar-refractivity contribution in [2.45, 2.75) is 19.8 Å². The first-order valence-corrected chi connectivity index (χ1v) is 10.0. The Labute approximate surface area is 178 Å². The fourth-order valence-electron chi connectivity index (χ4n) is 3.86. The minimum Gasteiger partial charge on any atom is -0.322 e. The average Bonchev–Trinajstić information content (AvgIpc) is 2.94. The zero-order valence-corrected chi connectivity index (χ0v) is 17.1. The van der Waals surface area contributed by atoms with Gasteiger partial charge in [0.1, 0.15) is 0 Å². The molecule has 1 heterocycles. The Kier molecular flexibility index (Phi) is 5.19. The second-order valence-corrected chi connectivity index (χ2v) is 8.16. The maximum Gasteiger partial charge on any atom is 0.255 e. The number of nitrogens with one attached hydrogen (secondary N) is 1. The minimum atomic E-state index is -0.376. The highest BCUT2D eigenvalue weighted by Crippen LogP contribution is 2.39. The third kappa shape index (κ3) is 3.68. The largest absolute Gasteiger partial charge is 0.322 e. The van der Waals surface area contributed by atoms with Gasteiger partial charge in [-0.15, -0.1) is 0 Å². The van der Waals surface area contributed by atoms with Gasteiger partial charge in [0, 0.05) is 11.3 Å². The molecule has 148 valence electrons. The number of hydrogen-bond acceptors (Lipinski definition) is 3. The van der Waals surface area contributed by atoms with Gasteiger partial charge >= 0.3 is 0 Å².